The fourth-order valence-electron chi connectivity index (χ4n) is 2.10. The van der Waals surface area contributed by atoms with Gasteiger partial charge in [0.1, 0.15) is 5.75 Å². The molecule has 2 aromatic carbocycles. The number of hydrogen-bond acceptors (Lipinski definition) is 4. The highest BCUT2D eigenvalue weighted by Gasteiger charge is 2.14. The van der Waals surface area contributed by atoms with Gasteiger partial charge in [-0.15, -0.1) is 0 Å². The highest BCUT2D eigenvalue weighted by molar-refractivity contribution is 6.31. The van der Waals surface area contributed by atoms with Gasteiger partial charge in [-0.1, -0.05) is 29.8 Å². The molecular weight excluding hydrogens is 358 g/mol. The van der Waals surface area contributed by atoms with Crippen molar-refractivity contribution < 1.29 is 19.1 Å². The van der Waals surface area contributed by atoms with Gasteiger partial charge in [-0.05, 0) is 30.3 Å². The third-order valence-electron chi connectivity index (χ3n) is 3.40. The molecule has 0 aliphatic rings. The number of benzene rings is 2. The van der Waals surface area contributed by atoms with Crippen molar-refractivity contribution in [2.24, 2.45) is 0 Å². The van der Waals surface area contributed by atoms with Crippen LogP contribution in [0.25, 0.3) is 0 Å². The number of nitrogens with one attached hydrogen (secondary N) is 3. The van der Waals surface area contributed by atoms with Crippen LogP contribution in [0.3, 0.4) is 0 Å². The molecule has 136 valence electrons. The molecule has 0 aromatic heterocycles. The van der Waals surface area contributed by atoms with Crippen LogP contribution in [0.15, 0.2) is 48.5 Å². The zero-order chi connectivity index (χ0) is 18.9. The van der Waals surface area contributed by atoms with E-state index in [4.69, 9.17) is 16.3 Å². The van der Waals surface area contributed by atoms with Crippen LogP contribution in [0.5, 0.6) is 5.75 Å². The molecule has 0 heterocycles. The fraction of sp³-hybridized carbons (Fsp3) is 0.167. The van der Waals surface area contributed by atoms with Crippen LogP contribution in [0.1, 0.15) is 27.1 Å². The third-order valence-corrected chi connectivity index (χ3v) is 3.63. The van der Waals surface area contributed by atoms with Crippen LogP contribution in [0.2, 0.25) is 5.02 Å². The predicted octanol–water partition coefficient (Wildman–Crippen LogP) is 1.93. The van der Waals surface area contributed by atoms with Crippen LogP contribution in [0.4, 0.5) is 0 Å². The van der Waals surface area contributed by atoms with Gasteiger partial charge in [0.2, 0.25) is 5.91 Å². The first-order chi connectivity index (χ1) is 12.5. The van der Waals surface area contributed by atoms with Crippen molar-refractivity contribution in [1.82, 2.24) is 16.2 Å². The molecule has 0 aliphatic heterocycles. The second kappa shape index (κ2) is 9.43. The van der Waals surface area contributed by atoms with Crippen LogP contribution in [0, 0.1) is 0 Å². The summed E-state index contributed by atoms with van der Waals surface area (Å²) in [6, 6.07) is 13.2. The number of rotatable bonds is 6. The van der Waals surface area contributed by atoms with E-state index >= 15 is 0 Å². The van der Waals surface area contributed by atoms with Gasteiger partial charge < -0.3 is 10.1 Å². The number of ether oxygens (including phenoxy) is 1. The Morgan fingerprint density at radius 2 is 1.73 bits per heavy atom. The number of carbonyl (C=O) groups excluding carboxylic acids is 3. The van der Waals surface area contributed by atoms with E-state index in [9.17, 15) is 14.4 Å². The first-order valence-corrected chi connectivity index (χ1v) is 8.15. The van der Waals surface area contributed by atoms with Crippen molar-refractivity contribution in [3.63, 3.8) is 0 Å². The molecule has 0 saturated carbocycles. The summed E-state index contributed by atoms with van der Waals surface area (Å²) >= 11 is 5.87. The third kappa shape index (κ3) is 5.49. The Morgan fingerprint density at radius 1 is 1.00 bits per heavy atom. The minimum atomic E-state index is -0.564. The molecule has 0 aliphatic carbocycles. The minimum absolute atomic E-state index is 0.00549. The van der Waals surface area contributed by atoms with E-state index in [0.29, 0.717) is 16.3 Å². The zero-order valence-corrected chi connectivity index (χ0v) is 14.8. The van der Waals surface area contributed by atoms with Crippen molar-refractivity contribution in [2.45, 2.75) is 6.42 Å². The van der Waals surface area contributed by atoms with Crippen molar-refractivity contribution in [3.8, 4) is 5.75 Å². The van der Waals surface area contributed by atoms with Crippen LogP contribution in [-0.4, -0.2) is 31.4 Å². The largest absolute Gasteiger partial charge is 0.496 e. The molecule has 8 heteroatoms. The lowest BCUT2D eigenvalue weighted by Gasteiger charge is -2.11. The van der Waals surface area contributed by atoms with Gasteiger partial charge in [0.25, 0.3) is 11.8 Å². The van der Waals surface area contributed by atoms with Gasteiger partial charge >= 0.3 is 0 Å². The zero-order valence-electron chi connectivity index (χ0n) is 14.0. The summed E-state index contributed by atoms with van der Waals surface area (Å²) in [7, 11) is 1.42. The van der Waals surface area contributed by atoms with Crippen molar-refractivity contribution in [2.75, 3.05) is 13.7 Å². The molecule has 0 radical (unpaired) electrons. The number of halogens is 1. The number of hydrazine groups is 1. The number of hydrogen-bond donors (Lipinski definition) is 3. The number of carbonyl (C=O) groups is 3. The van der Waals surface area contributed by atoms with Crippen molar-refractivity contribution in [3.05, 3.63) is 64.7 Å². The highest BCUT2D eigenvalue weighted by Crippen LogP contribution is 2.22. The Morgan fingerprint density at radius 3 is 2.42 bits per heavy atom. The number of methoxy groups -OCH3 is 1. The van der Waals surface area contributed by atoms with Gasteiger partial charge in [0.15, 0.2) is 0 Å². The maximum Gasteiger partial charge on any atom is 0.273 e. The van der Waals surface area contributed by atoms with Crippen molar-refractivity contribution in [1.29, 1.82) is 0 Å². The minimum Gasteiger partial charge on any atom is -0.496 e. The summed E-state index contributed by atoms with van der Waals surface area (Å²) in [6.07, 6.45) is 0.00549. The lowest BCUT2D eigenvalue weighted by Crippen LogP contribution is -2.42. The first-order valence-electron chi connectivity index (χ1n) is 7.77. The molecule has 2 aromatic rings. The lowest BCUT2D eigenvalue weighted by molar-refractivity contribution is -0.121. The summed E-state index contributed by atoms with van der Waals surface area (Å²) in [6.45, 7) is 0.135. The summed E-state index contributed by atoms with van der Waals surface area (Å²) in [5.41, 5.74) is 5.26. The summed E-state index contributed by atoms with van der Waals surface area (Å²) in [4.78, 5) is 35.7. The van der Waals surface area contributed by atoms with E-state index in [1.165, 1.54) is 13.2 Å². The Hall–Kier alpha value is -3.06. The maximum atomic E-state index is 12.1. The van der Waals surface area contributed by atoms with Crippen LogP contribution in [-0.2, 0) is 4.79 Å². The van der Waals surface area contributed by atoms with E-state index in [-0.39, 0.29) is 24.4 Å². The SMILES string of the molecule is COc1ccc(Cl)cc1C(=O)NNC(=O)CCNC(=O)c1ccccc1. The molecule has 0 atom stereocenters. The monoisotopic (exact) mass is 375 g/mol. The number of amides is 3. The summed E-state index contributed by atoms with van der Waals surface area (Å²) < 4.78 is 5.08. The van der Waals surface area contributed by atoms with E-state index in [1.54, 1.807) is 36.4 Å². The normalized spacial score (nSPS) is 9.92. The van der Waals surface area contributed by atoms with Crippen LogP contribution < -0.4 is 20.9 Å². The van der Waals surface area contributed by atoms with E-state index < -0.39 is 11.8 Å². The lowest BCUT2D eigenvalue weighted by atomic mass is 10.2. The average Bonchev–Trinajstić information content (AvgIpc) is 2.66. The quantitative estimate of drug-likeness (QED) is 0.672. The molecule has 2 rings (SSSR count). The molecule has 26 heavy (non-hydrogen) atoms. The average molecular weight is 376 g/mol. The Kier molecular flexibility index (Phi) is 6.99. The smallest absolute Gasteiger partial charge is 0.273 e. The molecule has 0 unspecified atom stereocenters. The molecule has 0 fully saturated rings. The Bertz CT molecular complexity index is 796. The maximum absolute atomic E-state index is 12.1. The van der Waals surface area contributed by atoms with E-state index in [2.05, 4.69) is 16.2 Å². The standard InChI is InChI=1S/C18H18ClN3O4/c1-26-15-8-7-13(19)11-14(15)18(25)22-21-16(23)9-10-20-17(24)12-5-3-2-4-6-12/h2-8,11H,9-10H2,1H3,(H,20,24)(H,21,23)(H,22,25). The fourth-order valence-corrected chi connectivity index (χ4v) is 2.27. The molecule has 3 amide bonds. The molecule has 0 saturated heterocycles. The van der Waals surface area contributed by atoms with Gasteiger partial charge in [0.05, 0.1) is 12.7 Å². The van der Waals surface area contributed by atoms with Crippen LogP contribution >= 0.6 is 11.6 Å². The van der Waals surface area contributed by atoms with E-state index in [0.717, 1.165) is 0 Å². The van der Waals surface area contributed by atoms with E-state index in [1.807, 2.05) is 6.07 Å². The molecular formula is C18H18ClN3O4. The Labute approximate surface area is 155 Å². The topological polar surface area (TPSA) is 96.5 Å². The molecule has 0 bridgehead atoms. The van der Waals surface area contributed by atoms with Gasteiger partial charge in [0, 0.05) is 23.6 Å². The van der Waals surface area contributed by atoms with Crippen molar-refractivity contribution >= 4 is 29.3 Å². The summed E-state index contributed by atoms with van der Waals surface area (Å²) in [5, 5.41) is 2.99. The summed E-state index contributed by atoms with van der Waals surface area (Å²) in [5.74, 6) is -0.957. The van der Waals surface area contributed by atoms with Gasteiger partial charge in [-0.25, -0.2) is 0 Å². The second-order valence-electron chi connectivity index (χ2n) is 5.22. The second-order valence-corrected chi connectivity index (χ2v) is 5.66. The first kappa shape index (κ1) is 19.3. The molecule has 7 nitrogen and oxygen atoms in total. The predicted molar refractivity (Wildman–Crippen MR) is 97.0 cm³/mol. The van der Waals surface area contributed by atoms with Gasteiger partial charge in [-0.3, -0.25) is 25.2 Å². The molecule has 0 spiro atoms. The molecule has 3 N–H and O–H groups in total. The van der Waals surface area contributed by atoms with Gasteiger partial charge in [-0.2, -0.15) is 0 Å². The Balaban J connectivity index is 1.77. The highest BCUT2D eigenvalue weighted by atomic mass is 35.5.